The van der Waals surface area contributed by atoms with E-state index in [1.807, 2.05) is 21.9 Å². The van der Waals surface area contributed by atoms with Gasteiger partial charge in [0.2, 0.25) is 5.91 Å². The summed E-state index contributed by atoms with van der Waals surface area (Å²) in [6.07, 6.45) is 0.847. The van der Waals surface area contributed by atoms with Crippen LogP contribution in [-0.4, -0.2) is 92.2 Å². The van der Waals surface area contributed by atoms with Gasteiger partial charge in [-0.05, 0) is 24.5 Å². The van der Waals surface area contributed by atoms with Crippen LogP contribution in [0.25, 0.3) is 0 Å². The van der Waals surface area contributed by atoms with Crippen LogP contribution in [0.1, 0.15) is 11.1 Å². The van der Waals surface area contributed by atoms with E-state index in [2.05, 4.69) is 29.3 Å². The summed E-state index contributed by atoms with van der Waals surface area (Å²) in [6, 6.07) is 8.35. The maximum absolute atomic E-state index is 12.5. The number of carbonyl (C=O) groups excluding carboxylic acids is 2. The molecule has 0 saturated carbocycles. The van der Waals surface area contributed by atoms with Crippen LogP contribution in [0, 0.1) is 6.92 Å². The Morgan fingerprint density at radius 3 is 2.37 bits per heavy atom. The summed E-state index contributed by atoms with van der Waals surface area (Å²) >= 11 is 0. The maximum atomic E-state index is 12.5. The lowest BCUT2D eigenvalue weighted by Gasteiger charge is -2.38. The highest BCUT2D eigenvalue weighted by Crippen LogP contribution is 2.08. The molecule has 1 aromatic rings. The Labute approximate surface area is 161 Å². The van der Waals surface area contributed by atoms with E-state index in [9.17, 15) is 9.59 Å². The van der Waals surface area contributed by atoms with Gasteiger partial charge in [0, 0.05) is 45.8 Å². The van der Waals surface area contributed by atoms with Crippen molar-refractivity contribution in [3.63, 3.8) is 0 Å². The van der Waals surface area contributed by atoms with Gasteiger partial charge in [-0.25, -0.2) is 4.79 Å². The first-order valence-corrected chi connectivity index (χ1v) is 9.78. The van der Waals surface area contributed by atoms with Crippen molar-refractivity contribution in [3.8, 4) is 0 Å². The van der Waals surface area contributed by atoms with Gasteiger partial charge in [-0.3, -0.25) is 9.69 Å². The highest BCUT2D eigenvalue weighted by molar-refractivity contribution is 5.78. The van der Waals surface area contributed by atoms with Crippen molar-refractivity contribution in [2.24, 2.45) is 0 Å². The van der Waals surface area contributed by atoms with Crippen LogP contribution in [0.3, 0.4) is 0 Å². The summed E-state index contributed by atoms with van der Waals surface area (Å²) in [6.45, 7) is 8.54. The van der Waals surface area contributed by atoms with Crippen molar-refractivity contribution in [1.29, 1.82) is 0 Å². The van der Waals surface area contributed by atoms with Crippen molar-refractivity contribution < 1.29 is 14.3 Å². The Morgan fingerprint density at radius 1 is 1.00 bits per heavy atom. The zero-order valence-corrected chi connectivity index (χ0v) is 16.2. The number of urea groups is 1. The number of benzene rings is 1. The van der Waals surface area contributed by atoms with Gasteiger partial charge in [0.05, 0.1) is 19.8 Å². The fraction of sp³-hybridized carbons (Fsp3) is 0.600. The Hall–Kier alpha value is -2.12. The normalized spacial score (nSPS) is 18.4. The summed E-state index contributed by atoms with van der Waals surface area (Å²) in [4.78, 5) is 30.5. The second-order valence-electron chi connectivity index (χ2n) is 7.17. The molecule has 2 heterocycles. The molecule has 0 bridgehead atoms. The van der Waals surface area contributed by atoms with Crippen molar-refractivity contribution in [3.05, 3.63) is 35.4 Å². The number of rotatable bonds is 5. The van der Waals surface area contributed by atoms with E-state index >= 15 is 0 Å². The van der Waals surface area contributed by atoms with Gasteiger partial charge in [0.15, 0.2) is 0 Å². The first-order valence-electron chi connectivity index (χ1n) is 9.78. The highest BCUT2D eigenvalue weighted by atomic mass is 16.5. The number of hydrogen-bond donors (Lipinski definition) is 1. The molecule has 0 aliphatic carbocycles. The molecule has 3 amide bonds. The zero-order valence-electron chi connectivity index (χ0n) is 16.2. The minimum atomic E-state index is 0.0524. The van der Waals surface area contributed by atoms with Gasteiger partial charge in [0.1, 0.15) is 0 Å². The first kappa shape index (κ1) is 19.6. The summed E-state index contributed by atoms with van der Waals surface area (Å²) < 4.78 is 5.30. The molecular weight excluding hydrogens is 344 g/mol. The van der Waals surface area contributed by atoms with E-state index in [1.54, 1.807) is 0 Å². The molecule has 0 radical (unpaired) electrons. The summed E-state index contributed by atoms with van der Waals surface area (Å²) in [5.74, 6) is 0.0524. The molecule has 2 aliphatic rings. The van der Waals surface area contributed by atoms with E-state index in [0.717, 1.165) is 19.5 Å². The van der Waals surface area contributed by atoms with Crippen LogP contribution in [0.5, 0.6) is 0 Å². The van der Waals surface area contributed by atoms with Gasteiger partial charge in [-0.1, -0.05) is 24.3 Å². The first-order chi connectivity index (χ1) is 13.1. The van der Waals surface area contributed by atoms with Crippen LogP contribution in [0.15, 0.2) is 24.3 Å². The number of amides is 3. The molecule has 2 aliphatic heterocycles. The monoisotopic (exact) mass is 374 g/mol. The Kier molecular flexibility index (Phi) is 7.06. The van der Waals surface area contributed by atoms with E-state index in [0.29, 0.717) is 52.5 Å². The Balaban J connectivity index is 1.34. The molecule has 2 saturated heterocycles. The van der Waals surface area contributed by atoms with Crippen LogP contribution < -0.4 is 5.32 Å². The fourth-order valence-electron chi connectivity index (χ4n) is 3.54. The second kappa shape index (κ2) is 9.71. The van der Waals surface area contributed by atoms with Gasteiger partial charge in [-0.2, -0.15) is 0 Å². The lowest BCUT2D eigenvalue weighted by molar-refractivity contribution is -0.122. The third kappa shape index (κ3) is 5.68. The number of nitrogens with one attached hydrogen (secondary N) is 1. The molecule has 3 rings (SSSR count). The SMILES string of the molecule is Cc1ccccc1CCNC(=O)CN1CCN(C(=O)N2CCOCC2)CC1. The molecule has 0 unspecified atom stereocenters. The number of carbonyl (C=O) groups is 2. The smallest absolute Gasteiger partial charge is 0.320 e. The van der Waals surface area contributed by atoms with Gasteiger partial charge >= 0.3 is 6.03 Å². The molecule has 148 valence electrons. The fourth-order valence-corrected chi connectivity index (χ4v) is 3.54. The molecule has 7 heteroatoms. The number of ether oxygens (including phenoxy) is 1. The lowest BCUT2D eigenvalue weighted by Crippen LogP contribution is -2.55. The van der Waals surface area contributed by atoms with E-state index < -0.39 is 0 Å². The molecule has 0 aromatic heterocycles. The van der Waals surface area contributed by atoms with Crippen molar-refractivity contribution in [1.82, 2.24) is 20.0 Å². The summed E-state index contributed by atoms with van der Waals surface area (Å²) in [5, 5.41) is 3.01. The predicted octanol–water partition coefficient (Wildman–Crippen LogP) is 0.724. The highest BCUT2D eigenvalue weighted by Gasteiger charge is 2.26. The molecule has 0 atom stereocenters. The Morgan fingerprint density at radius 2 is 1.67 bits per heavy atom. The number of nitrogens with zero attached hydrogens (tertiary/aromatic N) is 3. The predicted molar refractivity (Wildman–Crippen MR) is 104 cm³/mol. The molecule has 0 spiro atoms. The number of aryl methyl sites for hydroxylation is 1. The second-order valence-corrected chi connectivity index (χ2v) is 7.17. The van der Waals surface area contributed by atoms with E-state index in [1.165, 1.54) is 11.1 Å². The van der Waals surface area contributed by atoms with E-state index in [-0.39, 0.29) is 11.9 Å². The van der Waals surface area contributed by atoms with Crippen LogP contribution in [0.2, 0.25) is 0 Å². The number of piperazine rings is 1. The van der Waals surface area contributed by atoms with Crippen LogP contribution in [0.4, 0.5) is 4.79 Å². The zero-order chi connectivity index (χ0) is 19.1. The van der Waals surface area contributed by atoms with Crippen LogP contribution >= 0.6 is 0 Å². The molecule has 1 aromatic carbocycles. The average molecular weight is 374 g/mol. The van der Waals surface area contributed by atoms with Crippen molar-refractivity contribution >= 4 is 11.9 Å². The molecule has 27 heavy (non-hydrogen) atoms. The maximum Gasteiger partial charge on any atom is 0.320 e. The topological polar surface area (TPSA) is 65.1 Å². The minimum Gasteiger partial charge on any atom is -0.378 e. The lowest BCUT2D eigenvalue weighted by atomic mass is 10.1. The standard InChI is InChI=1S/C20H30N4O3/c1-17-4-2-3-5-18(17)6-7-21-19(25)16-22-8-10-23(11-9-22)20(26)24-12-14-27-15-13-24/h2-5H,6-16H2,1H3,(H,21,25). The third-order valence-corrected chi connectivity index (χ3v) is 5.27. The molecule has 2 fully saturated rings. The number of morpholine rings is 1. The van der Waals surface area contributed by atoms with Gasteiger partial charge in [-0.15, -0.1) is 0 Å². The Bertz CT molecular complexity index is 638. The van der Waals surface area contributed by atoms with Crippen molar-refractivity contribution in [2.45, 2.75) is 13.3 Å². The summed E-state index contributed by atoms with van der Waals surface area (Å²) in [7, 11) is 0. The van der Waals surface area contributed by atoms with Gasteiger partial charge in [0.25, 0.3) is 0 Å². The van der Waals surface area contributed by atoms with E-state index in [4.69, 9.17) is 4.74 Å². The number of hydrogen-bond acceptors (Lipinski definition) is 4. The van der Waals surface area contributed by atoms with Crippen LogP contribution in [-0.2, 0) is 16.0 Å². The summed E-state index contributed by atoms with van der Waals surface area (Å²) in [5.41, 5.74) is 2.53. The molecular formula is C20H30N4O3. The van der Waals surface area contributed by atoms with Gasteiger partial charge < -0.3 is 19.9 Å². The largest absolute Gasteiger partial charge is 0.378 e. The molecule has 7 nitrogen and oxygen atoms in total. The third-order valence-electron chi connectivity index (χ3n) is 5.27. The average Bonchev–Trinajstić information content (AvgIpc) is 2.70. The molecule has 1 N–H and O–H groups in total. The van der Waals surface area contributed by atoms with Crippen molar-refractivity contribution in [2.75, 3.05) is 65.6 Å². The quantitative estimate of drug-likeness (QED) is 0.825. The minimum absolute atomic E-state index is 0.0524.